The third kappa shape index (κ3) is 4.34. The molecule has 4 aromatic rings. The van der Waals surface area contributed by atoms with E-state index in [0.717, 1.165) is 44.1 Å². The van der Waals surface area contributed by atoms with Crippen molar-refractivity contribution in [3.63, 3.8) is 0 Å². The molecule has 7 heteroatoms. The standard InChI is InChI=1S/C26H22FN3O2S/c1-15-5-3-7-18(9-15)24-29-25-22(11-21-19(13-31)12-28-16(2)23(21)32-25)26(30-24)33-14-17-6-4-8-20(27)10-17/h3-10,12,31H,11,13-14H2,1-2H3. The van der Waals surface area contributed by atoms with Crippen LogP contribution in [0.5, 0.6) is 11.6 Å². The largest absolute Gasteiger partial charge is 0.436 e. The lowest BCUT2D eigenvalue weighted by Crippen LogP contribution is -2.13. The van der Waals surface area contributed by atoms with E-state index in [9.17, 15) is 9.50 Å². The Morgan fingerprint density at radius 1 is 1.06 bits per heavy atom. The summed E-state index contributed by atoms with van der Waals surface area (Å²) < 4.78 is 19.9. The van der Waals surface area contributed by atoms with E-state index in [1.54, 1.807) is 12.3 Å². The molecule has 1 aliphatic heterocycles. The maximum atomic E-state index is 13.7. The zero-order valence-electron chi connectivity index (χ0n) is 18.3. The van der Waals surface area contributed by atoms with Crippen LogP contribution < -0.4 is 4.74 Å². The zero-order valence-corrected chi connectivity index (χ0v) is 19.1. The highest BCUT2D eigenvalue weighted by Gasteiger charge is 2.27. The molecule has 0 fully saturated rings. The van der Waals surface area contributed by atoms with Crippen molar-refractivity contribution >= 4 is 11.8 Å². The van der Waals surface area contributed by atoms with E-state index in [0.29, 0.717) is 29.6 Å². The quantitative estimate of drug-likeness (QED) is 0.266. The summed E-state index contributed by atoms with van der Waals surface area (Å²) >= 11 is 1.53. The van der Waals surface area contributed by atoms with Gasteiger partial charge in [-0.3, -0.25) is 4.98 Å². The SMILES string of the molecule is Cc1cccc(-c2nc3c(c(SCc4cccc(F)c4)n2)Cc2c(CO)cnc(C)c2O3)c1. The van der Waals surface area contributed by atoms with E-state index in [1.165, 1.54) is 23.9 Å². The van der Waals surface area contributed by atoms with E-state index in [4.69, 9.17) is 14.7 Å². The number of thioether (sulfide) groups is 1. The van der Waals surface area contributed by atoms with Gasteiger partial charge in [0, 0.05) is 35.1 Å². The maximum absolute atomic E-state index is 13.7. The normalized spacial score (nSPS) is 12.1. The highest BCUT2D eigenvalue weighted by molar-refractivity contribution is 7.98. The van der Waals surface area contributed by atoms with Crippen molar-refractivity contribution in [2.45, 2.75) is 37.7 Å². The van der Waals surface area contributed by atoms with Gasteiger partial charge in [-0.15, -0.1) is 11.8 Å². The Morgan fingerprint density at radius 2 is 1.91 bits per heavy atom. The van der Waals surface area contributed by atoms with E-state index >= 15 is 0 Å². The zero-order chi connectivity index (χ0) is 22.9. The second-order valence-electron chi connectivity index (χ2n) is 8.04. The Balaban J connectivity index is 1.60. The molecule has 0 atom stereocenters. The molecule has 5 nitrogen and oxygen atoms in total. The fraction of sp³-hybridized carbons (Fsp3) is 0.192. The van der Waals surface area contributed by atoms with Gasteiger partial charge < -0.3 is 9.84 Å². The lowest BCUT2D eigenvalue weighted by atomic mass is 9.99. The van der Waals surface area contributed by atoms with Gasteiger partial charge >= 0.3 is 0 Å². The van der Waals surface area contributed by atoms with Crippen molar-refractivity contribution in [2.75, 3.05) is 0 Å². The number of benzene rings is 2. The monoisotopic (exact) mass is 459 g/mol. The third-order valence-electron chi connectivity index (χ3n) is 5.60. The lowest BCUT2D eigenvalue weighted by Gasteiger charge is -2.24. The molecule has 0 aliphatic carbocycles. The fourth-order valence-electron chi connectivity index (χ4n) is 3.90. The van der Waals surface area contributed by atoms with E-state index in [1.807, 2.05) is 44.2 Å². The van der Waals surface area contributed by atoms with E-state index < -0.39 is 0 Å². The highest BCUT2D eigenvalue weighted by Crippen LogP contribution is 2.43. The van der Waals surface area contributed by atoms with Gasteiger partial charge in [-0.25, -0.2) is 9.37 Å². The Bertz CT molecular complexity index is 1360. The Morgan fingerprint density at radius 3 is 2.70 bits per heavy atom. The summed E-state index contributed by atoms with van der Waals surface area (Å²) in [6.07, 6.45) is 2.22. The smallest absolute Gasteiger partial charge is 0.227 e. The predicted octanol–water partition coefficient (Wildman–Crippen LogP) is 5.78. The lowest BCUT2D eigenvalue weighted by molar-refractivity contribution is 0.278. The van der Waals surface area contributed by atoms with Crippen molar-refractivity contribution in [1.29, 1.82) is 0 Å². The van der Waals surface area contributed by atoms with Crippen molar-refractivity contribution < 1.29 is 14.2 Å². The summed E-state index contributed by atoms with van der Waals surface area (Å²) in [6.45, 7) is 3.79. The van der Waals surface area contributed by atoms with Crippen molar-refractivity contribution in [3.8, 4) is 23.0 Å². The summed E-state index contributed by atoms with van der Waals surface area (Å²) in [6, 6.07) is 14.6. The second-order valence-corrected chi connectivity index (χ2v) is 9.00. The topological polar surface area (TPSA) is 68.1 Å². The Kier molecular flexibility index (Phi) is 5.83. The van der Waals surface area contributed by atoms with Gasteiger partial charge in [0.15, 0.2) is 11.6 Å². The molecule has 0 unspecified atom stereocenters. The van der Waals surface area contributed by atoms with Crippen LogP contribution in [0.4, 0.5) is 4.39 Å². The summed E-state index contributed by atoms with van der Waals surface area (Å²) in [5.74, 6) is 2.02. The van der Waals surface area contributed by atoms with Crippen LogP contribution in [0.1, 0.15) is 33.5 Å². The molecule has 0 saturated carbocycles. The van der Waals surface area contributed by atoms with Crippen LogP contribution in [0.25, 0.3) is 11.4 Å². The first-order valence-electron chi connectivity index (χ1n) is 10.6. The molecule has 166 valence electrons. The molecule has 3 heterocycles. The number of hydrogen-bond donors (Lipinski definition) is 1. The molecule has 0 spiro atoms. The average molecular weight is 460 g/mol. The predicted molar refractivity (Wildman–Crippen MR) is 126 cm³/mol. The summed E-state index contributed by atoms with van der Waals surface area (Å²) in [7, 11) is 0. The van der Waals surface area contributed by atoms with Gasteiger partial charge in [0.1, 0.15) is 10.8 Å². The molecule has 1 aliphatic rings. The number of rotatable bonds is 5. The number of pyridine rings is 1. The van der Waals surface area contributed by atoms with Gasteiger partial charge in [-0.2, -0.15) is 4.98 Å². The first kappa shape index (κ1) is 21.6. The van der Waals surface area contributed by atoms with Crippen molar-refractivity contribution in [3.05, 3.63) is 94.1 Å². The van der Waals surface area contributed by atoms with Gasteiger partial charge in [-0.1, -0.05) is 35.9 Å². The third-order valence-corrected chi connectivity index (χ3v) is 6.69. The number of fused-ring (bicyclic) bond motifs is 2. The van der Waals surface area contributed by atoms with Gasteiger partial charge in [0.2, 0.25) is 5.88 Å². The van der Waals surface area contributed by atoms with Crippen LogP contribution in [-0.4, -0.2) is 20.1 Å². The number of aryl methyl sites for hydroxylation is 2. The van der Waals surface area contributed by atoms with Crippen molar-refractivity contribution in [1.82, 2.24) is 15.0 Å². The molecule has 2 aromatic heterocycles. The molecular formula is C26H22FN3O2S. The highest BCUT2D eigenvalue weighted by atomic mass is 32.2. The molecule has 2 aromatic carbocycles. The molecule has 5 rings (SSSR count). The first-order chi connectivity index (χ1) is 16.0. The number of halogens is 1. The Labute approximate surface area is 195 Å². The summed E-state index contributed by atoms with van der Waals surface area (Å²) in [4.78, 5) is 14.0. The van der Waals surface area contributed by atoms with Gasteiger partial charge in [-0.05, 0) is 37.6 Å². The van der Waals surface area contributed by atoms with Gasteiger partial charge in [0.25, 0.3) is 0 Å². The van der Waals surface area contributed by atoms with Crippen molar-refractivity contribution in [2.24, 2.45) is 0 Å². The number of aromatic nitrogens is 3. The number of aliphatic hydroxyl groups excluding tert-OH is 1. The molecule has 0 radical (unpaired) electrons. The second kappa shape index (κ2) is 8.92. The van der Waals surface area contributed by atoms with Crippen LogP contribution in [-0.2, 0) is 18.8 Å². The minimum absolute atomic E-state index is 0.123. The molecule has 1 N–H and O–H groups in total. The molecule has 33 heavy (non-hydrogen) atoms. The number of ether oxygens (including phenoxy) is 1. The molecule has 0 saturated heterocycles. The molecule has 0 amide bonds. The summed E-state index contributed by atoms with van der Waals surface area (Å²) in [5, 5.41) is 10.6. The van der Waals surface area contributed by atoms with Crippen LogP contribution in [0.3, 0.4) is 0 Å². The number of nitrogens with zero attached hydrogens (tertiary/aromatic N) is 3. The van der Waals surface area contributed by atoms with E-state index in [2.05, 4.69) is 4.98 Å². The van der Waals surface area contributed by atoms with Crippen LogP contribution in [0.15, 0.2) is 59.8 Å². The fourth-order valence-corrected chi connectivity index (χ4v) is 4.87. The number of hydrogen-bond acceptors (Lipinski definition) is 6. The minimum Gasteiger partial charge on any atom is -0.436 e. The Hall–Kier alpha value is -3.29. The molecule has 0 bridgehead atoms. The summed E-state index contributed by atoms with van der Waals surface area (Å²) in [5.41, 5.74) is 6.12. The van der Waals surface area contributed by atoms with Gasteiger partial charge in [0.05, 0.1) is 17.9 Å². The maximum Gasteiger partial charge on any atom is 0.227 e. The van der Waals surface area contributed by atoms with Crippen LogP contribution in [0, 0.1) is 19.7 Å². The molecular weight excluding hydrogens is 437 g/mol. The minimum atomic E-state index is -0.258. The van der Waals surface area contributed by atoms with Crippen LogP contribution >= 0.6 is 11.8 Å². The average Bonchev–Trinajstić information content (AvgIpc) is 2.82. The van der Waals surface area contributed by atoms with Crippen LogP contribution in [0.2, 0.25) is 0 Å². The van der Waals surface area contributed by atoms with E-state index in [-0.39, 0.29) is 12.4 Å². The number of aliphatic hydroxyl groups is 1. The first-order valence-corrected chi connectivity index (χ1v) is 11.6.